The van der Waals surface area contributed by atoms with Gasteiger partial charge in [-0.15, -0.1) is 0 Å². The highest BCUT2D eigenvalue weighted by molar-refractivity contribution is 9.10. The van der Waals surface area contributed by atoms with Crippen molar-refractivity contribution in [2.45, 2.75) is 13.1 Å². The van der Waals surface area contributed by atoms with Crippen molar-refractivity contribution in [3.63, 3.8) is 0 Å². The Balaban J connectivity index is 1.92. The third-order valence-electron chi connectivity index (χ3n) is 2.79. The van der Waals surface area contributed by atoms with E-state index in [0.717, 1.165) is 28.3 Å². The van der Waals surface area contributed by atoms with Gasteiger partial charge in [0.25, 0.3) is 0 Å². The van der Waals surface area contributed by atoms with Crippen LogP contribution in [-0.2, 0) is 13.1 Å². The Hall–Kier alpha value is -1.03. The van der Waals surface area contributed by atoms with E-state index in [1.165, 1.54) is 11.1 Å². The summed E-state index contributed by atoms with van der Waals surface area (Å²) in [4.78, 5) is 0. The summed E-state index contributed by atoms with van der Waals surface area (Å²) in [5.41, 5.74) is 2.39. The van der Waals surface area contributed by atoms with Crippen molar-refractivity contribution in [1.29, 1.82) is 0 Å². The lowest BCUT2D eigenvalue weighted by molar-refractivity contribution is 0.414. The van der Waals surface area contributed by atoms with Crippen LogP contribution in [0, 0.1) is 0 Å². The molecule has 100 valence electrons. The molecular weight excluding hydrogens is 326 g/mol. The molecule has 19 heavy (non-hydrogen) atoms. The molecule has 2 aromatic carbocycles. The summed E-state index contributed by atoms with van der Waals surface area (Å²) in [6.45, 7) is 1.58. The molecule has 2 aromatic rings. The van der Waals surface area contributed by atoms with Gasteiger partial charge >= 0.3 is 0 Å². The summed E-state index contributed by atoms with van der Waals surface area (Å²) in [5.74, 6) is 0.881. The number of benzene rings is 2. The van der Waals surface area contributed by atoms with Gasteiger partial charge in [0, 0.05) is 22.6 Å². The number of hydrogen-bond acceptors (Lipinski definition) is 2. The van der Waals surface area contributed by atoms with Crippen molar-refractivity contribution in [3.8, 4) is 5.75 Å². The average Bonchev–Trinajstić information content (AvgIpc) is 2.41. The number of ether oxygens (including phenoxy) is 1. The highest BCUT2D eigenvalue weighted by Crippen LogP contribution is 2.21. The molecule has 0 bridgehead atoms. The molecule has 2 rings (SSSR count). The van der Waals surface area contributed by atoms with E-state index < -0.39 is 0 Å². The molecule has 0 aliphatic heterocycles. The fourth-order valence-corrected chi connectivity index (χ4v) is 2.61. The predicted molar refractivity (Wildman–Crippen MR) is 82.7 cm³/mol. The molecule has 0 aliphatic carbocycles. The van der Waals surface area contributed by atoms with E-state index >= 15 is 0 Å². The van der Waals surface area contributed by atoms with Gasteiger partial charge in [-0.1, -0.05) is 45.7 Å². The molecule has 0 saturated carbocycles. The number of halogens is 2. The summed E-state index contributed by atoms with van der Waals surface area (Å²) in [6.07, 6.45) is 0. The molecule has 0 radical (unpaired) electrons. The summed E-state index contributed by atoms with van der Waals surface area (Å²) in [5, 5.41) is 4.14. The first-order valence-electron chi connectivity index (χ1n) is 5.96. The Morgan fingerprint density at radius 1 is 1.16 bits per heavy atom. The van der Waals surface area contributed by atoms with Crippen molar-refractivity contribution < 1.29 is 4.74 Å². The minimum absolute atomic E-state index is 0.739. The number of methoxy groups -OCH3 is 1. The topological polar surface area (TPSA) is 21.3 Å². The van der Waals surface area contributed by atoms with E-state index in [1.54, 1.807) is 7.11 Å². The second kappa shape index (κ2) is 6.94. The number of hydrogen-bond donors (Lipinski definition) is 1. The largest absolute Gasteiger partial charge is 0.497 e. The van der Waals surface area contributed by atoms with Gasteiger partial charge in [-0.3, -0.25) is 0 Å². The molecule has 0 aliphatic rings. The Kier molecular flexibility index (Phi) is 5.25. The Bertz CT molecular complexity index is 560. The first-order valence-corrected chi connectivity index (χ1v) is 7.13. The van der Waals surface area contributed by atoms with E-state index in [2.05, 4.69) is 27.3 Å². The van der Waals surface area contributed by atoms with Gasteiger partial charge < -0.3 is 10.1 Å². The zero-order valence-electron chi connectivity index (χ0n) is 10.6. The lowest BCUT2D eigenvalue weighted by Gasteiger charge is -2.08. The van der Waals surface area contributed by atoms with Crippen LogP contribution < -0.4 is 10.1 Å². The van der Waals surface area contributed by atoms with Gasteiger partial charge in [0.05, 0.1) is 7.11 Å². The van der Waals surface area contributed by atoms with Gasteiger partial charge in [-0.25, -0.2) is 0 Å². The smallest absolute Gasteiger partial charge is 0.119 e. The second-order valence-corrected chi connectivity index (χ2v) is 5.48. The monoisotopic (exact) mass is 339 g/mol. The van der Waals surface area contributed by atoms with E-state index in [0.29, 0.717) is 0 Å². The fraction of sp³-hybridized carbons (Fsp3) is 0.200. The van der Waals surface area contributed by atoms with E-state index in [1.807, 2.05) is 36.4 Å². The van der Waals surface area contributed by atoms with E-state index in [-0.39, 0.29) is 0 Å². The molecule has 0 aromatic heterocycles. The molecule has 1 N–H and O–H groups in total. The molecule has 0 spiro atoms. The van der Waals surface area contributed by atoms with Crippen LogP contribution in [0.15, 0.2) is 46.9 Å². The zero-order valence-corrected chi connectivity index (χ0v) is 13.0. The maximum Gasteiger partial charge on any atom is 0.119 e. The van der Waals surface area contributed by atoms with Gasteiger partial charge in [0.1, 0.15) is 5.75 Å². The molecule has 2 nitrogen and oxygen atoms in total. The summed E-state index contributed by atoms with van der Waals surface area (Å²) >= 11 is 9.43. The molecule has 0 heterocycles. The Morgan fingerprint density at radius 2 is 2.00 bits per heavy atom. The quantitative estimate of drug-likeness (QED) is 0.871. The van der Waals surface area contributed by atoms with Crippen molar-refractivity contribution in [1.82, 2.24) is 5.32 Å². The molecule has 4 heteroatoms. The van der Waals surface area contributed by atoms with Crippen molar-refractivity contribution in [2.24, 2.45) is 0 Å². The second-order valence-electron chi connectivity index (χ2n) is 4.19. The summed E-state index contributed by atoms with van der Waals surface area (Å²) < 4.78 is 6.23. The fourth-order valence-electron chi connectivity index (χ4n) is 1.79. The van der Waals surface area contributed by atoms with Crippen molar-refractivity contribution >= 4 is 27.5 Å². The highest BCUT2D eigenvalue weighted by atomic mass is 79.9. The normalized spacial score (nSPS) is 10.5. The number of nitrogens with one attached hydrogen (secondary N) is 1. The summed E-state index contributed by atoms with van der Waals surface area (Å²) in [7, 11) is 1.68. The van der Waals surface area contributed by atoms with Crippen LogP contribution in [0.1, 0.15) is 11.1 Å². The van der Waals surface area contributed by atoms with Gasteiger partial charge in [-0.05, 0) is 35.4 Å². The Labute approximate surface area is 126 Å². The molecular formula is C15H15BrClNO. The van der Waals surface area contributed by atoms with E-state index in [4.69, 9.17) is 16.3 Å². The summed E-state index contributed by atoms with van der Waals surface area (Å²) in [6, 6.07) is 13.9. The number of rotatable bonds is 5. The maximum absolute atomic E-state index is 5.92. The van der Waals surface area contributed by atoms with Crippen LogP contribution in [0.4, 0.5) is 0 Å². The molecule has 0 atom stereocenters. The lowest BCUT2D eigenvalue weighted by atomic mass is 10.2. The van der Waals surface area contributed by atoms with Crippen LogP contribution in [0.25, 0.3) is 0 Å². The first kappa shape index (κ1) is 14.4. The van der Waals surface area contributed by atoms with Gasteiger partial charge in [-0.2, -0.15) is 0 Å². The van der Waals surface area contributed by atoms with Gasteiger partial charge in [0.15, 0.2) is 0 Å². The SMILES string of the molecule is COc1cccc(CNCc2ccc(Cl)cc2Br)c1. The molecule has 0 amide bonds. The van der Waals surface area contributed by atoms with Crippen LogP contribution in [0.5, 0.6) is 5.75 Å². The van der Waals surface area contributed by atoms with Crippen LogP contribution in [0.3, 0.4) is 0 Å². The van der Waals surface area contributed by atoms with Crippen molar-refractivity contribution in [3.05, 3.63) is 63.1 Å². The minimum Gasteiger partial charge on any atom is -0.497 e. The molecule has 0 saturated heterocycles. The van der Waals surface area contributed by atoms with Crippen molar-refractivity contribution in [2.75, 3.05) is 7.11 Å². The lowest BCUT2D eigenvalue weighted by Crippen LogP contribution is -2.13. The highest BCUT2D eigenvalue weighted by Gasteiger charge is 2.01. The molecule has 0 fully saturated rings. The van der Waals surface area contributed by atoms with Crippen LogP contribution in [-0.4, -0.2) is 7.11 Å². The third-order valence-corrected chi connectivity index (χ3v) is 3.77. The molecule has 0 unspecified atom stereocenters. The van der Waals surface area contributed by atoms with Gasteiger partial charge in [0.2, 0.25) is 0 Å². The first-order chi connectivity index (χ1) is 9.19. The zero-order chi connectivity index (χ0) is 13.7. The minimum atomic E-state index is 0.739. The standard InChI is InChI=1S/C15H15BrClNO/c1-19-14-4-2-3-11(7-14)9-18-10-12-5-6-13(17)8-15(12)16/h2-8,18H,9-10H2,1H3. The Morgan fingerprint density at radius 3 is 2.74 bits per heavy atom. The third kappa shape index (κ3) is 4.23. The van der Waals surface area contributed by atoms with Crippen LogP contribution >= 0.6 is 27.5 Å². The average molecular weight is 341 g/mol. The maximum atomic E-state index is 5.92. The predicted octanol–water partition coefficient (Wildman–Crippen LogP) is 4.40. The van der Waals surface area contributed by atoms with Crippen LogP contribution in [0.2, 0.25) is 5.02 Å². The van der Waals surface area contributed by atoms with E-state index in [9.17, 15) is 0 Å².